The summed E-state index contributed by atoms with van der Waals surface area (Å²) >= 11 is 0.872. The molecule has 1 N–H and O–H groups in total. The predicted octanol–water partition coefficient (Wildman–Crippen LogP) is 3.31. The number of hydrogen-bond donors (Lipinski definition) is 1. The summed E-state index contributed by atoms with van der Waals surface area (Å²) in [6, 6.07) is 1.59. The van der Waals surface area contributed by atoms with Crippen LogP contribution in [-0.4, -0.2) is 19.2 Å². The molecule has 3 rings (SSSR count). The van der Waals surface area contributed by atoms with Crippen LogP contribution >= 0.6 is 11.3 Å². The minimum absolute atomic E-state index is 0.274. The van der Waals surface area contributed by atoms with Crippen molar-refractivity contribution in [2.24, 2.45) is 0 Å². The Bertz CT molecular complexity index is 485. The van der Waals surface area contributed by atoms with Crippen molar-refractivity contribution >= 4 is 11.3 Å². The Hall–Kier alpha value is -0.590. The standard InChI is InChI=1S/C13H16F3NOS/c1-8-7-12(3-4-17-8)11-9(2-5-18-12)6-10(19-11)13(14,15)16/h6,8,17H,2-5,7H2,1H3/t8-,12?/m0/s1. The van der Waals surface area contributed by atoms with Crippen LogP contribution in [0.3, 0.4) is 0 Å². The number of hydrogen-bond acceptors (Lipinski definition) is 3. The highest BCUT2D eigenvalue weighted by atomic mass is 32.1. The molecule has 0 saturated carbocycles. The van der Waals surface area contributed by atoms with Crippen molar-refractivity contribution in [1.29, 1.82) is 0 Å². The van der Waals surface area contributed by atoms with Gasteiger partial charge in [-0.2, -0.15) is 13.2 Å². The molecule has 106 valence electrons. The van der Waals surface area contributed by atoms with Gasteiger partial charge in [0.05, 0.1) is 6.61 Å². The summed E-state index contributed by atoms with van der Waals surface area (Å²) in [5.74, 6) is 0. The molecule has 1 aromatic rings. The second-order valence-corrected chi connectivity index (χ2v) is 6.42. The third kappa shape index (κ3) is 2.30. The van der Waals surface area contributed by atoms with Gasteiger partial charge in [-0.15, -0.1) is 11.3 Å². The van der Waals surface area contributed by atoms with Crippen molar-refractivity contribution in [2.75, 3.05) is 13.2 Å². The molecule has 1 aromatic heterocycles. The maximum atomic E-state index is 12.9. The molecule has 3 heterocycles. The van der Waals surface area contributed by atoms with Crippen molar-refractivity contribution in [3.63, 3.8) is 0 Å². The highest BCUT2D eigenvalue weighted by molar-refractivity contribution is 7.12. The van der Waals surface area contributed by atoms with Gasteiger partial charge in [0.25, 0.3) is 0 Å². The maximum absolute atomic E-state index is 12.9. The van der Waals surface area contributed by atoms with Crippen molar-refractivity contribution in [1.82, 2.24) is 5.32 Å². The van der Waals surface area contributed by atoms with Gasteiger partial charge in [-0.25, -0.2) is 0 Å². The molecule has 1 unspecified atom stereocenters. The topological polar surface area (TPSA) is 21.3 Å². The van der Waals surface area contributed by atoms with Crippen LogP contribution in [0.15, 0.2) is 6.07 Å². The van der Waals surface area contributed by atoms with Gasteiger partial charge >= 0.3 is 6.18 Å². The summed E-state index contributed by atoms with van der Waals surface area (Å²) in [5, 5.41) is 3.32. The molecule has 1 fully saturated rings. The lowest BCUT2D eigenvalue weighted by Crippen LogP contribution is -2.48. The van der Waals surface area contributed by atoms with E-state index in [1.165, 1.54) is 6.07 Å². The minimum atomic E-state index is -4.25. The second kappa shape index (κ2) is 4.46. The highest BCUT2D eigenvalue weighted by Crippen LogP contribution is 2.48. The molecule has 19 heavy (non-hydrogen) atoms. The number of fused-ring (bicyclic) bond motifs is 2. The van der Waals surface area contributed by atoms with Crippen LogP contribution in [0, 0.1) is 0 Å². The molecule has 6 heteroatoms. The molecular weight excluding hydrogens is 275 g/mol. The molecule has 2 aliphatic heterocycles. The average Bonchev–Trinajstić information content (AvgIpc) is 2.74. The van der Waals surface area contributed by atoms with Crippen molar-refractivity contribution in [3.8, 4) is 0 Å². The number of halogens is 3. The molecule has 0 bridgehead atoms. The molecule has 0 radical (unpaired) electrons. The van der Waals surface area contributed by atoms with Gasteiger partial charge in [0.15, 0.2) is 0 Å². The first-order valence-electron chi connectivity index (χ1n) is 6.48. The molecule has 0 aromatic carbocycles. The summed E-state index contributed by atoms with van der Waals surface area (Å²) < 4.78 is 44.5. The zero-order valence-corrected chi connectivity index (χ0v) is 11.5. The van der Waals surface area contributed by atoms with Crippen LogP contribution in [0.2, 0.25) is 0 Å². The van der Waals surface area contributed by atoms with E-state index < -0.39 is 16.7 Å². The van der Waals surface area contributed by atoms with E-state index in [1.807, 2.05) is 0 Å². The van der Waals surface area contributed by atoms with Crippen LogP contribution < -0.4 is 5.32 Å². The lowest BCUT2D eigenvalue weighted by atomic mass is 9.83. The molecule has 1 saturated heterocycles. The van der Waals surface area contributed by atoms with Crippen molar-refractivity contribution in [3.05, 3.63) is 21.4 Å². The average molecular weight is 291 g/mol. The fourth-order valence-electron chi connectivity index (χ4n) is 3.09. The fraction of sp³-hybridized carbons (Fsp3) is 0.692. The summed E-state index contributed by atoms with van der Waals surface area (Å²) in [4.78, 5) is 0.313. The highest BCUT2D eigenvalue weighted by Gasteiger charge is 2.45. The van der Waals surface area contributed by atoms with Crippen molar-refractivity contribution in [2.45, 2.75) is 44.0 Å². The first kappa shape index (κ1) is 13.4. The molecule has 1 spiro atoms. The van der Waals surface area contributed by atoms with Gasteiger partial charge in [0.2, 0.25) is 0 Å². The molecule has 0 aliphatic carbocycles. The third-order valence-corrected chi connectivity index (χ3v) is 5.32. The Morgan fingerprint density at radius 2 is 2.26 bits per heavy atom. The Kier molecular flexibility index (Phi) is 3.15. The Labute approximate surface area is 114 Å². The van der Waals surface area contributed by atoms with Gasteiger partial charge < -0.3 is 10.1 Å². The van der Waals surface area contributed by atoms with E-state index >= 15 is 0 Å². The first-order chi connectivity index (χ1) is 8.91. The van der Waals surface area contributed by atoms with E-state index in [2.05, 4.69) is 12.2 Å². The van der Waals surface area contributed by atoms with E-state index in [4.69, 9.17) is 4.74 Å². The Morgan fingerprint density at radius 1 is 1.47 bits per heavy atom. The monoisotopic (exact) mass is 291 g/mol. The van der Waals surface area contributed by atoms with Gasteiger partial charge in [-0.05, 0) is 44.4 Å². The number of thiophene rings is 1. The SMILES string of the molecule is C[C@H]1CC2(CCN1)OCCc1cc(C(F)(F)F)sc12. The normalized spacial score (nSPS) is 31.5. The zero-order chi connectivity index (χ0) is 13.7. The Balaban J connectivity index is 2.02. The minimum Gasteiger partial charge on any atom is -0.369 e. The fourth-order valence-corrected chi connectivity index (χ4v) is 4.35. The van der Waals surface area contributed by atoms with Gasteiger partial charge in [-0.3, -0.25) is 0 Å². The Morgan fingerprint density at radius 3 is 2.95 bits per heavy atom. The number of rotatable bonds is 0. The molecule has 2 atom stereocenters. The van der Waals surface area contributed by atoms with Gasteiger partial charge in [0.1, 0.15) is 10.5 Å². The zero-order valence-electron chi connectivity index (χ0n) is 10.6. The quantitative estimate of drug-likeness (QED) is 0.792. The predicted molar refractivity (Wildman–Crippen MR) is 67.4 cm³/mol. The largest absolute Gasteiger partial charge is 0.425 e. The summed E-state index contributed by atoms with van der Waals surface area (Å²) in [5.41, 5.74) is 0.338. The maximum Gasteiger partial charge on any atom is 0.425 e. The van der Waals surface area contributed by atoms with Crippen LogP contribution in [0.25, 0.3) is 0 Å². The number of nitrogens with one attached hydrogen (secondary N) is 1. The van der Waals surface area contributed by atoms with Crippen LogP contribution in [0.1, 0.15) is 35.1 Å². The van der Waals surface area contributed by atoms with Gasteiger partial charge in [0, 0.05) is 10.9 Å². The molecule has 0 amide bonds. The van der Waals surface area contributed by atoms with Crippen LogP contribution in [0.5, 0.6) is 0 Å². The molecule has 2 nitrogen and oxygen atoms in total. The van der Waals surface area contributed by atoms with E-state index in [1.54, 1.807) is 0 Å². The second-order valence-electron chi connectivity index (χ2n) is 5.36. The van der Waals surface area contributed by atoms with Crippen LogP contribution in [-0.2, 0) is 22.9 Å². The van der Waals surface area contributed by atoms with E-state index in [9.17, 15) is 13.2 Å². The smallest absolute Gasteiger partial charge is 0.369 e. The summed E-state index contributed by atoms with van der Waals surface area (Å²) in [6.45, 7) is 3.37. The number of alkyl halides is 3. The summed E-state index contributed by atoms with van der Waals surface area (Å²) in [6.07, 6.45) is -2.16. The van der Waals surface area contributed by atoms with E-state index in [0.717, 1.165) is 41.2 Å². The number of piperidine rings is 1. The summed E-state index contributed by atoms with van der Waals surface area (Å²) in [7, 11) is 0. The lowest BCUT2D eigenvalue weighted by Gasteiger charge is -2.42. The van der Waals surface area contributed by atoms with Gasteiger partial charge in [-0.1, -0.05) is 0 Å². The van der Waals surface area contributed by atoms with E-state index in [-0.39, 0.29) is 6.04 Å². The first-order valence-corrected chi connectivity index (χ1v) is 7.30. The molecular formula is C13H16F3NOS. The third-order valence-electron chi connectivity index (χ3n) is 3.91. The van der Waals surface area contributed by atoms with E-state index in [0.29, 0.717) is 13.0 Å². The van der Waals surface area contributed by atoms with Crippen LogP contribution in [0.4, 0.5) is 13.2 Å². The lowest BCUT2D eigenvalue weighted by molar-refractivity contribution is -0.134. The molecule has 2 aliphatic rings. The van der Waals surface area contributed by atoms with Crippen molar-refractivity contribution < 1.29 is 17.9 Å². The number of ether oxygens (including phenoxy) is 1.